The van der Waals surface area contributed by atoms with Gasteiger partial charge in [-0.2, -0.15) is 0 Å². The van der Waals surface area contributed by atoms with E-state index in [2.05, 4.69) is 19.2 Å². The van der Waals surface area contributed by atoms with E-state index >= 15 is 0 Å². The summed E-state index contributed by atoms with van der Waals surface area (Å²) in [5, 5.41) is 12.9. The zero-order valence-corrected chi connectivity index (χ0v) is 12.4. The second kappa shape index (κ2) is 6.33. The average molecular weight is 295 g/mol. The number of carbonyl (C=O) groups is 1. The summed E-state index contributed by atoms with van der Waals surface area (Å²) in [7, 11) is 0. The number of aromatic carboxylic acids is 1. The minimum Gasteiger partial charge on any atom is -0.477 e. The highest BCUT2D eigenvalue weighted by molar-refractivity contribution is 7.21. The van der Waals surface area contributed by atoms with Crippen molar-refractivity contribution in [3.63, 3.8) is 0 Å². The van der Waals surface area contributed by atoms with Gasteiger partial charge in [-0.1, -0.05) is 19.9 Å². The van der Waals surface area contributed by atoms with Gasteiger partial charge in [0.05, 0.1) is 0 Å². The third-order valence-corrected chi connectivity index (χ3v) is 4.34. The lowest BCUT2D eigenvalue weighted by atomic mass is 10.1. The number of hydrogen-bond donors (Lipinski definition) is 2. The number of fused-ring (bicyclic) bond motifs is 1. The lowest BCUT2D eigenvalue weighted by Gasteiger charge is -2.07. The molecule has 5 heteroatoms. The van der Waals surface area contributed by atoms with Crippen LogP contribution in [0, 0.1) is 11.7 Å². The highest BCUT2D eigenvalue weighted by Gasteiger charge is 2.19. The van der Waals surface area contributed by atoms with Crippen molar-refractivity contribution in [1.29, 1.82) is 0 Å². The van der Waals surface area contributed by atoms with Gasteiger partial charge in [0, 0.05) is 22.2 Å². The van der Waals surface area contributed by atoms with E-state index in [4.69, 9.17) is 0 Å². The Morgan fingerprint density at radius 3 is 2.85 bits per heavy atom. The van der Waals surface area contributed by atoms with Gasteiger partial charge in [-0.3, -0.25) is 0 Å². The number of carboxylic acids is 1. The van der Waals surface area contributed by atoms with Gasteiger partial charge in [-0.25, -0.2) is 9.18 Å². The van der Waals surface area contributed by atoms with Crippen LogP contribution in [0.1, 0.15) is 35.5 Å². The molecule has 0 atom stereocenters. The molecular formula is C15H18FNO2S. The Morgan fingerprint density at radius 2 is 2.20 bits per heavy atom. The van der Waals surface area contributed by atoms with E-state index in [-0.39, 0.29) is 10.7 Å². The van der Waals surface area contributed by atoms with Crippen molar-refractivity contribution in [2.45, 2.75) is 26.8 Å². The van der Waals surface area contributed by atoms with Crippen LogP contribution in [-0.4, -0.2) is 17.6 Å². The molecule has 0 bridgehead atoms. The Morgan fingerprint density at radius 1 is 1.45 bits per heavy atom. The molecule has 0 amide bonds. The number of benzene rings is 1. The van der Waals surface area contributed by atoms with E-state index in [0.717, 1.165) is 24.3 Å². The molecule has 0 aliphatic rings. The maximum atomic E-state index is 13.9. The third kappa shape index (κ3) is 3.16. The van der Waals surface area contributed by atoms with Crippen molar-refractivity contribution in [3.8, 4) is 0 Å². The van der Waals surface area contributed by atoms with Crippen molar-refractivity contribution in [2.24, 2.45) is 5.92 Å². The van der Waals surface area contributed by atoms with Gasteiger partial charge >= 0.3 is 5.97 Å². The summed E-state index contributed by atoms with van der Waals surface area (Å²) in [5.41, 5.74) is 0.555. The molecule has 2 aromatic rings. The Labute approximate surface area is 121 Å². The van der Waals surface area contributed by atoms with Crippen molar-refractivity contribution in [3.05, 3.63) is 34.5 Å². The highest BCUT2D eigenvalue weighted by Crippen LogP contribution is 2.33. The summed E-state index contributed by atoms with van der Waals surface area (Å²) < 4.78 is 14.6. The first-order chi connectivity index (χ1) is 9.50. The predicted molar refractivity (Wildman–Crippen MR) is 79.9 cm³/mol. The van der Waals surface area contributed by atoms with E-state index < -0.39 is 5.97 Å². The Bertz CT molecular complexity index is 622. The number of nitrogens with one attached hydrogen (secondary N) is 1. The number of carboxylic acid groups (broad SMARTS) is 1. The third-order valence-electron chi connectivity index (χ3n) is 3.16. The minimum atomic E-state index is -0.994. The van der Waals surface area contributed by atoms with Crippen LogP contribution >= 0.6 is 11.3 Å². The van der Waals surface area contributed by atoms with Gasteiger partial charge < -0.3 is 10.4 Å². The molecule has 0 saturated heterocycles. The van der Waals surface area contributed by atoms with Crippen molar-refractivity contribution in [2.75, 3.05) is 6.54 Å². The quantitative estimate of drug-likeness (QED) is 0.795. The number of rotatable bonds is 6. The second-order valence-electron chi connectivity index (χ2n) is 5.19. The summed E-state index contributed by atoms with van der Waals surface area (Å²) >= 11 is 1.13. The monoisotopic (exact) mass is 295 g/mol. The number of hydrogen-bond acceptors (Lipinski definition) is 3. The summed E-state index contributed by atoms with van der Waals surface area (Å²) in [6.07, 6.45) is 1.01. The first-order valence-electron chi connectivity index (χ1n) is 6.64. The lowest BCUT2D eigenvalue weighted by Crippen LogP contribution is -2.17. The van der Waals surface area contributed by atoms with Crippen LogP contribution in [0.3, 0.4) is 0 Å². The second-order valence-corrected chi connectivity index (χ2v) is 6.24. The molecule has 20 heavy (non-hydrogen) atoms. The summed E-state index contributed by atoms with van der Waals surface area (Å²) in [6.45, 7) is 5.44. The van der Waals surface area contributed by atoms with Crippen LogP contribution in [-0.2, 0) is 6.54 Å². The molecule has 0 spiro atoms. The number of halogens is 1. The molecule has 0 aliphatic carbocycles. The molecule has 2 N–H and O–H groups in total. The fraction of sp³-hybridized carbons (Fsp3) is 0.400. The van der Waals surface area contributed by atoms with Crippen LogP contribution < -0.4 is 5.32 Å². The van der Waals surface area contributed by atoms with Gasteiger partial charge in [0.25, 0.3) is 0 Å². The molecule has 1 aromatic heterocycles. The summed E-state index contributed by atoms with van der Waals surface area (Å²) in [6, 6.07) is 4.74. The van der Waals surface area contributed by atoms with Gasteiger partial charge in [-0.05, 0) is 31.0 Å². The van der Waals surface area contributed by atoms with Gasteiger partial charge in [-0.15, -0.1) is 11.3 Å². The fourth-order valence-electron chi connectivity index (χ4n) is 2.11. The molecule has 0 aliphatic heterocycles. The van der Waals surface area contributed by atoms with Crippen LogP contribution in [0.15, 0.2) is 18.2 Å². The molecule has 0 radical (unpaired) electrons. The normalized spacial score (nSPS) is 11.4. The topological polar surface area (TPSA) is 49.3 Å². The van der Waals surface area contributed by atoms with Gasteiger partial charge in [0.1, 0.15) is 10.7 Å². The predicted octanol–water partition coefficient (Wildman–Crippen LogP) is 3.87. The van der Waals surface area contributed by atoms with Crippen LogP contribution in [0.4, 0.5) is 4.39 Å². The maximum absolute atomic E-state index is 13.9. The molecule has 2 rings (SSSR count). The van der Waals surface area contributed by atoms with E-state index in [0.29, 0.717) is 28.1 Å². The van der Waals surface area contributed by atoms with Gasteiger partial charge in [0.2, 0.25) is 0 Å². The van der Waals surface area contributed by atoms with Crippen molar-refractivity contribution < 1.29 is 14.3 Å². The Balaban J connectivity index is 2.29. The highest BCUT2D eigenvalue weighted by atomic mass is 32.1. The van der Waals surface area contributed by atoms with Crippen LogP contribution in [0.2, 0.25) is 0 Å². The van der Waals surface area contributed by atoms with Gasteiger partial charge in [0.15, 0.2) is 0 Å². The van der Waals surface area contributed by atoms with Crippen LogP contribution in [0.25, 0.3) is 10.1 Å². The molecule has 0 fully saturated rings. The zero-order chi connectivity index (χ0) is 14.7. The molecule has 1 aromatic carbocycles. The average Bonchev–Trinajstić information content (AvgIpc) is 2.75. The SMILES string of the molecule is CC(C)CCNCc1c(C(=O)O)sc2cccc(F)c12. The van der Waals surface area contributed by atoms with Crippen LogP contribution in [0.5, 0.6) is 0 Å². The molecular weight excluding hydrogens is 277 g/mol. The fourth-order valence-corrected chi connectivity index (χ4v) is 3.19. The standard InChI is InChI=1S/C15H18FNO2S/c1-9(2)6-7-17-8-10-13-11(16)4-3-5-12(13)20-14(10)15(18)19/h3-5,9,17H,6-8H2,1-2H3,(H,18,19). The Kier molecular flexibility index (Phi) is 4.73. The van der Waals surface area contributed by atoms with E-state index in [1.54, 1.807) is 12.1 Å². The Hall–Kier alpha value is -1.46. The first kappa shape index (κ1) is 14.9. The van der Waals surface area contributed by atoms with E-state index in [1.807, 2.05) is 0 Å². The molecule has 0 unspecified atom stereocenters. The smallest absolute Gasteiger partial charge is 0.346 e. The largest absolute Gasteiger partial charge is 0.477 e. The van der Waals surface area contributed by atoms with Crippen molar-refractivity contribution in [1.82, 2.24) is 5.32 Å². The lowest BCUT2D eigenvalue weighted by molar-refractivity contribution is 0.0701. The van der Waals surface area contributed by atoms with E-state index in [1.165, 1.54) is 6.07 Å². The molecule has 3 nitrogen and oxygen atoms in total. The zero-order valence-electron chi connectivity index (χ0n) is 11.6. The molecule has 1 heterocycles. The maximum Gasteiger partial charge on any atom is 0.346 e. The molecule has 108 valence electrons. The molecule has 0 saturated carbocycles. The van der Waals surface area contributed by atoms with Crippen molar-refractivity contribution >= 4 is 27.4 Å². The summed E-state index contributed by atoms with van der Waals surface area (Å²) in [4.78, 5) is 11.5. The summed E-state index contributed by atoms with van der Waals surface area (Å²) in [5.74, 6) is -0.768. The number of thiophene rings is 1. The van der Waals surface area contributed by atoms with E-state index in [9.17, 15) is 14.3 Å². The first-order valence-corrected chi connectivity index (χ1v) is 7.46. The minimum absolute atomic E-state index is 0.224.